The first-order valence-corrected chi connectivity index (χ1v) is 9.29. The lowest BCUT2D eigenvalue weighted by atomic mass is 10.2. The van der Waals surface area contributed by atoms with Crippen LogP contribution in [0.1, 0.15) is 21.6 Å². The number of benzene rings is 2. The van der Waals surface area contributed by atoms with Crippen LogP contribution >= 0.6 is 11.6 Å². The van der Waals surface area contributed by atoms with Gasteiger partial charge in [-0.05, 0) is 55.0 Å². The van der Waals surface area contributed by atoms with E-state index < -0.39 is 11.7 Å². The van der Waals surface area contributed by atoms with Crippen molar-refractivity contribution in [3.63, 3.8) is 0 Å². The topological polar surface area (TPSA) is 55.6 Å². The van der Waals surface area contributed by atoms with Crippen LogP contribution in [0, 0.1) is 12.7 Å². The Bertz CT molecular complexity index is 1210. The Labute approximate surface area is 171 Å². The Morgan fingerprint density at radius 3 is 2.90 bits per heavy atom. The van der Waals surface area contributed by atoms with Crippen molar-refractivity contribution in [1.82, 2.24) is 9.38 Å². The maximum Gasteiger partial charge on any atom is 0.255 e. The maximum absolute atomic E-state index is 13.8. The number of hydrogen-bond acceptors (Lipinski definition) is 3. The van der Waals surface area contributed by atoms with Gasteiger partial charge < -0.3 is 14.5 Å². The molecule has 5 nitrogen and oxygen atoms in total. The number of imidazole rings is 1. The zero-order valence-corrected chi connectivity index (χ0v) is 16.3. The summed E-state index contributed by atoms with van der Waals surface area (Å²) in [6, 6.07) is 14.6. The van der Waals surface area contributed by atoms with E-state index in [4.69, 9.17) is 16.3 Å². The fourth-order valence-electron chi connectivity index (χ4n) is 2.90. The van der Waals surface area contributed by atoms with Gasteiger partial charge in [0.25, 0.3) is 5.91 Å². The van der Waals surface area contributed by atoms with Crippen molar-refractivity contribution < 1.29 is 13.9 Å². The van der Waals surface area contributed by atoms with Crippen molar-refractivity contribution in [2.45, 2.75) is 13.5 Å². The average Bonchev–Trinajstić information content (AvgIpc) is 3.11. The minimum Gasteiger partial charge on any atom is -0.487 e. The van der Waals surface area contributed by atoms with Gasteiger partial charge in [0.1, 0.15) is 23.8 Å². The summed E-state index contributed by atoms with van der Waals surface area (Å²) in [5, 5.41) is 2.86. The Morgan fingerprint density at radius 2 is 2.03 bits per heavy atom. The van der Waals surface area contributed by atoms with Crippen LogP contribution in [0.15, 0.2) is 67.0 Å². The molecule has 0 spiro atoms. The van der Waals surface area contributed by atoms with Gasteiger partial charge in [-0.25, -0.2) is 9.37 Å². The summed E-state index contributed by atoms with van der Waals surface area (Å²) in [5.74, 6) is -0.505. The van der Waals surface area contributed by atoms with E-state index in [-0.39, 0.29) is 12.3 Å². The predicted octanol–water partition coefficient (Wildman–Crippen LogP) is 5.27. The largest absolute Gasteiger partial charge is 0.487 e. The van der Waals surface area contributed by atoms with Crippen molar-refractivity contribution >= 4 is 28.8 Å². The number of carbonyl (C=O) groups is 1. The number of ether oxygens (including phenoxy) is 1. The summed E-state index contributed by atoms with van der Waals surface area (Å²) in [6.07, 6.45) is 3.90. The molecule has 1 N–H and O–H groups in total. The molecule has 0 fully saturated rings. The van der Waals surface area contributed by atoms with Crippen LogP contribution in [-0.2, 0) is 6.61 Å². The number of aromatic nitrogens is 2. The second-order valence-electron chi connectivity index (χ2n) is 6.60. The van der Waals surface area contributed by atoms with Gasteiger partial charge in [0, 0.05) is 23.0 Å². The predicted molar refractivity (Wildman–Crippen MR) is 110 cm³/mol. The second kappa shape index (κ2) is 7.93. The summed E-state index contributed by atoms with van der Waals surface area (Å²) >= 11 is 5.86. The van der Waals surface area contributed by atoms with E-state index >= 15 is 0 Å². The monoisotopic (exact) mass is 409 g/mol. The molecule has 0 atom stereocenters. The van der Waals surface area contributed by atoms with Gasteiger partial charge in [-0.2, -0.15) is 0 Å². The van der Waals surface area contributed by atoms with Crippen LogP contribution in [0.2, 0.25) is 5.02 Å². The van der Waals surface area contributed by atoms with E-state index in [1.807, 2.05) is 35.9 Å². The summed E-state index contributed by atoms with van der Waals surface area (Å²) < 4.78 is 21.6. The molecule has 29 heavy (non-hydrogen) atoms. The molecule has 1 amide bonds. The molecule has 0 saturated heterocycles. The molecule has 4 aromatic rings. The molecular formula is C22H17ClFN3O2. The third-order valence-corrected chi connectivity index (χ3v) is 4.54. The van der Waals surface area contributed by atoms with E-state index in [0.29, 0.717) is 16.3 Å². The summed E-state index contributed by atoms with van der Waals surface area (Å²) in [7, 11) is 0. The minimum absolute atomic E-state index is 0.0221. The van der Waals surface area contributed by atoms with Crippen molar-refractivity contribution in [3.8, 4) is 5.75 Å². The molecule has 0 aliphatic rings. The lowest BCUT2D eigenvalue weighted by Gasteiger charge is -2.09. The van der Waals surface area contributed by atoms with Crippen molar-refractivity contribution in [1.29, 1.82) is 0 Å². The van der Waals surface area contributed by atoms with E-state index in [9.17, 15) is 9.18 Å². The number of nitrogens with one attached hydrogen (secondary N) is 1. The fraction of sp³-hybridized carbons (Fsp3) is 0.0909. The van der Waals surface area contributed by atoms with Crippen LogP contribution < -0.4 is 10.1 Å². The molecule has 0 aliphatic heterocycles. The normalized spacial score (nSPS) is 10.9. The van der Waals surface area contributed by atoms with E-state index in [1.54, 1.807) is 24.3 Å². The Balaban J connectivity index is 1.46. The van der Waals surface area contributed by atoms with Gasteiger partial charge in [-0.3, -0.25) is 4.79 Å². The first-order valence-electron chi connectivity index (χ1n) is 8.91. The van der Waals surface area contributed by atoms with E-state index in [1.165, 1.54) is 18.2 Å². The van der Waals surface area contributed by atoms with E-state index in [0.717, 1.165) is 16.9 Å². The molecule has 2 heterocycles. The number of pyridine rings is 1. The van der Waals surface area contributed by atoms with Crippen LogP contribution in [-0.4, -0.2) is 15.3 Å². The summed E-state index contributed by atoms with van der Waals surface area (Å²) in [6.45, 7) is 2.27. The highest BCUT2D eigenvalue weighted by atomic mass is 35.5. The number of anilines is 1. The number of hydrogen-bond donors (Lipinski definition) is 1. The third kappa shape index (κ3) is 4.38. The van der Waals surface area contributed by atoms with Gasteiger partial charge in [0.05, 0.1) is 11.4 Å². The van der Waals surface area contributed by atoms with Crippen molar-refractivity contribution in [2.75, 3.05) is 5.32 Å². The second-order valence-corrected chi connectivity index (χ2v) is 7.04. The highest BCUT2D eigenvalue weighted by Gasteiger charge is 2.11. The van der Waals surface area contributed by atoms with Gasteiger partial charge in [0.15, 0.2) is 0 Å². The standard InChI is InChI=1S/C22H17ClFN3O2/c1-14-5-8-21-25-17(12-27(21)11-14)13-29-18-4-2-3-15(9-18)22(28)26-20-10-16(23)6-7-19(20)24/h2-12H,13H2,1H3,(H,26,28). The molecule has 0 bridgehead atoms. The number of fused-ring (bicyclic) bond motifs is 1. The number of carbonyl (C=O) groups excluding carboxylic acids is 1. The van der Waals surface area contributed by atoms with Crippen molar-refractivity contribution in [2.24, 2.45) is 0 Å². The Morgan fingerprint density at radius 1 is 1.17 bits per heavy atom. The van der Waals surface area contributed by atoms with Gasteiger partial charge >= 0.3 is 0 Å². The molecule has 7 heteroatoms. The molecular weight excluding hydrogens is 393 g/mol. The third-order valence-electron chi connectivity index (χ3n) is 4.31. The van der Waals surface area contributed by atoms with Gasteiger partial charge in [-0.15, -0.1) is 0 Å². The number of amides is 1. The number of halogens is 2. The highest BCUT2D eigenvalue weighted by Crippen LogP contribution is 2.21. The molecule has 0 unspecified atom stereocenters. The molecule has 146 valence electrons. The first-order chi connectivity index (χ1) is 14.0. The quantitative estimate of drug-likeness (QED) is 0.488. The SMILES string of the molecule is Cc1ccc2nc(COc3cccc(C(=O)Nc4cc(Cl)ccc4F)c3)cn2c1. The zero-order chi connectivity index (χ0) is 20.4. The number of rotatable bonds is 5. The maximum atomic E-state index is 13.8. The van der Waals surface area contributed by atoms with E-state index in [2.05, 4.69) is 10.3 Å². The molecule has 0 saturated carbocycles. The molecule has 0 aliphatic carbocycles. The minimum atomic E-state index is -0.558. The average molecular weight is 410 g/mol. The lowest BCUT2D eigenvalue weighted by molar-refractivity contribution is 0.102. The van der Waals surface area contributed by atoms with Crippen LogP contribution in [0.25, 0.3) is 5.65 Å². The number of nitrogens with zero attached hydrogens (tertiary/aromatic N) is 2. The zero-order valence-electron chi connectivity index (χ0n) is 15.5. The smallest absolute Gasteiger partial charge is 0.255 e. The summed E-state index contributed by atoms with van der Waals surface area (Å²) in [5.41, 5.74) is 3.11. The van der Waals surface area contributed by atoms with Crippen molar-refractivity contribution in [3.05, 3.63) is 94.7 Å². The molecule has 0 radical (unpaired) electrons. The Hall–Kier alpha value is -3.38. The van der Waals surface area contributed by atoms with Crippen LogP contribution in [0.4, 0.5) is 10.1 Å². The van der Waals surface area contributed by atoms with Gasteiger partial charge in [-0.1, -0.05) is 23.7 Å². The highest BCUT2D eigenvalue weighted by molar-refractivity contribution is 6.31. The molecule has 4 rings (SSSR count). The summed E-state index contributed by atoms with van der Waals surface area (Å²) in [4.78, 5) is 17.0. The number of aryl methyl sites for hydroxylation is 1. The molecule has 2 aromatic carbocycles. The fourth-order valence-corrected chi connectivity index (χ4v) is 3.07. The van der Waals surface area contributed by atoms with Crippen LogP contribution in [0.3, 0.4) is 0 Å². The van der Waals surface area contributed by atoms with Gasteiger partial charge in [0.2, 0.25) is 0 Å². The van der Waals surface area contributed by atoms with Crippen LogP contribution in [0.5, 0.6) is 5.75 Å². The lowest BCUT2D eigenvalue weighted by Crippen LogP contribution is -2.13. The molecule has 2 aromatic heterocycles. The first kappa shape index (κ1) is 19.0. The Kier molecular flexibility index (Phi) is 5.18.